The molecule has 2 aromatic carbocycles. The van der Waals surface area contributed by atoms with Crippen LogP contribution in [-0.4, -0.2) is 45.9 Å². The van der Waals surface area contributed by atoms with Crippen LogP contribution in [0.4, 0.5) is 21.6 Å². The number of nitrogens with one attached hydrogen (secondary N) is 2. The first kappa shape index (κ1) is 20.5. The van der Waals surface area contributed by atoms with E-state index < -0.39 is 15.5 Å². The van der Waals surface area contributed by atoms with E-state index in [4.69, 9.17) is 9.57 Å². The normalized spacial score (nSPS) is 16.6. The van der Waals surface area contributed by atoms with E-state index in [2.05, 4.69) is 25.1 Å². The fourth-order valence-corrected chi connectivity index (χ4v) is 3.83. The molecule has 0 amide bonds. The Balaban J connectivity index is 1.73. The Morgan fingerprint density at radius 3 is 2.87 bits per heavy atom. The van der Waals surface area contributed by atoms with Gasteiger partial charge < -0.3 is 10.1 Å². The van der Waals surface area contributed by atoms with E-state index >= 15 is 0 Å². The van der Waals surface area contributed by atoms with Crippen molar-refractivity contribution < 1.29 is 18.2 Å². The van der Waals surface area contributed by atoms with E-state index in [1.807, 2.05) is 13.0 Å². The second-order valence-corrected chi connectivity index (χ2v) is 9.86. The molecule has 158 valence electrons. The van der Waals surface area contributed by atoms with Crippen molar-refractivity contribution in [3.63, 3.8) is 0 Å². The quantitative estimate of drug-likeness (QED) is 0.638. The molecule has 1 unspecified atom stereocenters. The van der Waals surface area contributed by atoms with Crippen LogP contribution in [0.5, 0.6) is 5.75 Å². The van der Waals surface area contributed by atoms with Crippen LogP contribution in [0.3, 0.4) is 0 Å². The summed E-state index contributed by atoms with van der Waals surface area (Å²) < 4.78 is 36.1. The smallest absolute Gasteiger partial charge is 0.146 e. The summed E-state index contributed by atoms with van der Waals surface area (Å²) in [6.07, 6.45) is 4.38. The minimum Gasteiger partial charge on any atom is -0.484 e. The van der Waals surface area contributed by atoms with Crippen molar-refractivity contribution >= 4 is 37.8 Å². The first-order valence-electron chi connectivity index (χ1n) is 9.29. The highest BCUT2D eigenvalue weighted by atomic mass is 32.2. The highest BCUT2D eigenvalue weighted by Gasteiger charge is 2.20. The lowest BCUT2D eigenvalue weighted by molar-refractivity contribution is 0.0844. The van der Waals surface area contributed by atoms with Crippen molar-refractivity contribution in [1.82, 2.24) is 15.4 Å². The average molecular weight is 431 g/mol. The molecule has 4 rings (SSSR count). The monoisotopic (exact) mass is 431 g/mol. The molecule has 0 spiro atoms. The summed E-state index contributed by atoms with van der Waals surface area (Å²) >= 11 is 0. The molecule has 1 fully saturated rings. The van der Waals surface area contributed by atoms with Gasteiger partial charge in [-0.25, -0.2) is 18.6 Å². The Bertz CT molecular complexity index is 1210. The van der Waals surface area contributed by atoms with Gasteiger partial charge in [-0.2, -0.15) is 9.84 Å². The van der Waals surface area contributed by atoms with Gasteiger partial charge in [0.2, 0.25) is 0 Å². The zero-order valence-electron chi connectivity index (χ0n) is 16.8. The summed E-state index contributed by atoms with van der Waals surface area (Å²) in [6.45, 7) is 2.79. The van der Waals surface area contributed by atoms with Crippen molar-refractivity contribution in [3.8, 4) is 5.75 Å². The highest BCUT2D eigenvalue weighted by Crippen LogP contribution is 2.34. The molecule has 0 bridgehead atoms. The van der Waals surface area contributed by atoms with Crippen LogP contribution in [0.25, 0.3) is 10.9 Å². The molecule has 1 aliphatic heterocycles. The van der Waals surface area contributed by atoms with Gasteiger partial charge in [0.25, 0.3) is 0 Å². The molecule has 0 saturated carbocycles. The molecule has 1 saturated heterocycles. The van der Waals surface area contributed by atoms with Gasteiger partial charge in [-0.3, -0.25) is 4.84 Å². The lowest BCUT2D eigenvalue weighted by Crippen LogP contribution is -2.22. The molecule has 30 heavy (non-hydrogen) atoms. The van der Waals surface area contributed by atoms with E-state index in [1.54, 1.807) is 24.6 Å². The molecule has 1 atom stereocenters. The van der Waals surface area contributed by atoms with Crippen molar-refractivity contribution in [2.24, 2.45) is 4.36 Å². The number of nitrogens with zero attached hydrogens (tertiary/aromatic N) is 3. The molecule has 0 aliphatic carbocycles. The molecule has 1 aromatic heterocycles. The number of anilines is 2. The maximum Gasteiger partial charge on any atom is 0.146 e. The molecule has 3 aromatic rings. The number of aryl methyl sites for hydroxylation is 1. The number of benzene rings is 2. The minimum atomic E-state index is -2.29. The van der Waals surface area contributed by atoms with E-state index in [0.29, 0.717) is 41.6 Å². The van der Waals surface area contributed by atoms with Gasteiger partial charge in [-0.1, -0.05) is 0 Å². The van der Waals surface area contributed by atoms with Gasteiger partial charge in [-0.05, 0) is 36.8 Å². The number of hydrogen-bond donors (Lipinski definition) is 2. The number of hydrogen-bond acceptors (Lipinski definition) is 8. The van der Waals surface area contributed by atoms with Crippen LogP contribution >= 0.6 is 0 Å². The van der Waals surface area contributed by atoms with Crippen LogP contribution < -0.4 is 15.5 Å². The van der Waals surface area contributed by atoms with Crippen molar-refractivity contribution in [1.29, 1.82) is 0 Å². The Morgan fingerprint density at radius 2 is 2.13 bits per heavy atom. The Morgan fingerprint density at radius 1 is 1.30 bits per heavy atom. The van der Waals surface area contributed by atoms with Crippen LogP contribution in [0.15, 0.2) is 41.0 Å². The first-order valence-corrected chi connectivity index (χ1v) is 11.6. The molecule has 8 nitrogen and oxygen atoms in total. The van der Waals surface area contributed by atoms with Gasteiger partial charge in [-0.15, -0.1) is 0 Å². The van der Waals surface area contributed by atoms with Gasteiger partial charge >= 0.3 is 0 Å². The number of fused-ring (bicyclic) bond motifs is 1. The summed E-state index contributed by atoms with van der Waals surface area (Å²) in [5.74, 6) is 0.509. The van der Waals surface area contributed by atoms with Crippen LogP contribution in [0.1, 0.15) is 5.56 Å². The molecule has 10 heteroatoms. The van der Waals surface area contributed by atoms with E-state index in [9.17, 15) is 8.60 Å². The molecule has 2 heterocycles. The third kappa shape index (κ3) is 4.66. The van der Waals surface area contributed by atoms with Crippen LogP contribution in [0, 0.1) is 12.7 Å². The Labute approximate surface area is 174 Å². The van der Waals surface area contributed by atoms with E-state index in [1.165, 1.54) is 18.5 Å². The van der Waals surface area contributed by atoms with Gasteiger partial charge in [0.05, 0.1) is 23.4 Å². The first-order chi connectivity index (χ1) is 14.3. The Kier molecular flexibility index (Phi) is 5.54. The molecule has 1 aliphatic rings. The fraction of sp³-hybridized carbons (Fsp3) is 0.300. The van der Waals surface area contributed by atoms with Gasteiger partial charge in [0.15, 0.2) is 0 Å². The number of halogens is 1. The Hall–Kier alpha value is -2.82. The number of aromatic nitrogens is 2. The lowest BCUT2D eigenvalue weighted by atomic mass is 10.1. The minimum absolute atomic E-state index is 0.224. The van der Waals surface area contributed by atoms with Gasteiger partial charge in [0.1, 0.15) is 36.4 Å². The molecule has 2 N–H and O–H groups in total. The average Bonchev–Trinajstić information content (AvgIpc) is 3.15. The molecular formula is C20H22FN5O3S. The molecular weight excluding hydrogens is 409 g/mol. The standard InChI is InChI=1S/C20H22FN5O3S/c1-12-6-14(26-30(2,3)27)8-17-19(12)20(23-11-22-17)25-16-5-4-13(21)7-18(16)29-15-9-24-28-10-15/h4-8,11,15,24H,9-10H2,1-3H3,(H,22,23,25). The zero-order chi connectivity index (χ0) is 21.3. The molecule has 0 radical (unpaired) electrons. The number of rotatable bonds is 5. The van der Waals surface area contributed by atoms with E-state index in [0.717, 1.165) is 10.9 Å². The predicted octanol–water partition coefficient (Wildman–Crippen LogP) is 3.46. The third-order valence-corrected chi connectivity index (χ3v) is 5.07. The van der Waals surface area contributed by atoms with Crippen molar-refractivity contribution in [3.05, 3.63) is 48.0 Å². The SMILES string of the molecule is Cc1cc(N=S(C)(C)=O)cc2ncnc(Nc3ccc(F)cc3OC3CNOC3)c12. The second-order valence-electron chi connectivity index (χ2n) is 7.32. The maximum atomic E-state index is 13.8. The highest BCUT2D eigenvalue weighted by molar-refractivity contribution is 7.92. The summed E-state index contributed by atoms with van der Waals surface area (Å²) in [4.78, 5) is 13.8. The number of ether oxygens (including phenoxy) is 1. The third-order valence-electron chi connectivity index (χ3n) is 4.42. The maximum absolute atomic E-state index is 13.8. The van der Waals surface area contributed by atoms with Gasteiger partial charge in [0, 0.05) is 33.7 Å². The largest absolute Gasteiger partial charge is 0.484 e. The fourth-order valence-electron chi connectivity index (χ4n) is 3.22. The summed E-state index contributed by atoms with van der Waals surface area (Å²) in [6, 6.07) is 7.89. The topological polar surface area (TPSA) is 97.7 Å². The summed E-state index contributed by atoms with van der Waals surface area (Å²) in [5, 5.41) is 4.02. The summed E-state index contributed by atoms with van der Waals surface area (Å²) in [7, 11) is -2.29. The number of hydroxylamine groups is 1. The lowest BCUT2D eigenvalue weighted by Gasteiger charge is -2.17. The zero-order valence-corrected chi connectivity index (χ0v) is 17.6. The van der Waals surface area contributed by atoms with Crippen molar-refractivity contribution in [2.75, 3.05) is 31.0 Å². The predicted molar refractivity (Wildman–Crippen MR) is 114 cm³/mol. The van der Waals surface area contributed by atoms with Crippen LogP contribution in [-0.2, 0) is 14.6 Å². The second kappa shape index (κ2) is 8.13. The van der Waals surface area contributed by atoms with E-state index in [-0.39, 0.29) is 6.10 Å². The summed E-state index contributed by atoms with van der Waals surface area (Å²) in [5.41, 5.74) is 5.44. The van der Waals surface area contributed by atoms with Crippen LogP contribution in [0.2, 0.25) is 0 Å². The van der Waals surface area contributed by atoms with Crippen molar-refractivity contribution in [2.45, 2.75) is 13.0 Å².